The average Bonchev–Trinajstić information content (AvgIpc) is 3.58. The van der Waals surface area contributed by atoms with E-state index in [9.17, 15) is 19.0 Å². The molecule has 0 N–H and O–H groups in total. The van der Waals surface area contributed by atoms with Crippen molar-refractivity contribution in [2.24, 2.45) is 0 Å². The largest absolute Gasteiger partial charge is 0.756 e. The number of hydrogen-bond acceptors (Lipinski definition) is 8. The maximum Gasteiger partial charge on any atom is 0.306 e. The zero-order valence-electron chi connectivity index (χ0n) is 57.0. The van der Waals surface area contributed by atoms with E-state index in [0.717, 1.165) is 141 Å². The molecule has 0 saturated carbocycles. The standard InChI is InChI=1S/C80H124NO8P/c1-6-8-10-12-14-16-18-20-22-24-26-28-30-32-34-36-37-38-39-40-41-42-43-45-47-49-51-53-55-57-59-61-63-65-67-69-71-73-80(83)89-78(77-88-90(84,85)87-75-74-81(3,4)5)76-86-79(82)72-70-68-66-64-62-60-58-56-54-52-50-48-46-44-35-33-31-29-27-25-23-21-19-17-15-13-11-9-7-2/h8-11,14-17,20-23,26-29,32-35,37-38,40-41,43,45-46,48-49,51-52,54,58,60,64,66,78H,6-7,12-13,18-19,24-25,30-31,36,39,42,44,47,50,53,55-57,59,61-63,65,67-77H2,1-5H3/b10-8-,11-9-,16-14-,17-15-,22-20-,23-21-,28-26-,29-27-,34-32-,35-33-,38-37-,41-40-,45-43-,48-46-,51-49-,54-52-,60-58-,66-64-. The third-order valence-corrected chi connectivity index (χ3v) is 14.5. The van der Waals surface area contributed by atoms with Gasteiger partial charge in [0, 0.05) is 12.8 Å². The molecule has 0 heterocycles. The molecule has 2 atom stereocenters. The summed E-state index contributed by atoms with van der Waals surface area (Å²) >= 11 is 0. The molecule has 0 aromatic rings. The van der Waals surface area contributed by atoms with Crippen LogP contribution in [-0.4, -0.2) is 70.0 Å². The highest BCUT2D eigenvalue weighted by Gasteiger charge is 2.22. The van der Waals surface area contributed by atoms with Crippen LogP contribution in [0.25, 0.3) is 0 Å². The van der Waals surface area contributed by atoms with Crippen LogP contribution >= 0.6 is 7.82 Å². The van der Waals surface area contributed by atoms with Crippen LogP contribution in [0.2, 0.25) is 0 Å². The molecule has 0 aliphatic carbocycles. The fourth-order valence-corrected chi connectivity index (χ4v) is 9.02. The number of hydrogen-bond donors (Lipinski definition) is 0. The molecule has 0 bridgehead atoms. The van der Waals surface area contributed by atoms with Gasteiger partial charge in [-0.15, -0.1) is 0 Å². The summed E-state index contributed by atoms with van der Waals surface area (Å²) in [6.45, 7) is 3.90. The Hall–Kier alpha value is -5.67. The van der Waals surface area contributed by atoms with Crippen molar-refractivity contribution in [3.63, 3.8) is 0 Å². The number of rotatable bonds is 60. The SMILES string of the molecule is CC/C=C\C/C=C\C/C=C\C/C=C\C/C=C\C/C=C\C/C=C\C/C=C\C/C=C\CCCCCCCCCCCC(=O)OC(COC(=O)CCC/C=C\C/C=C\C/C=C\C/C=C\C/C=C\C/C=C\C/C=C\C/C=C\C/C=C\CC)COP(=O)([O-])OCC[N+](C)(C)C. The molecular weight excluding hydrogens is 1130 g/mol. The lowest BCUT2D eigenvalue weighted by Crippen LogP contribution is -2.37. The van der Waals surface area contributed by atoms with Crippen LogP contribution < -0.4 is 4.89 Å². The fraction of sp³-hybridized carbons (Fsp3) is 0.525. The van der Waals surface area contributed by atoms with E-state index in [0.29, 0.717) is 30.3 Å². The lowest BCUT2D eigenvalue weighted by molar-refractivity contribution is -0.870. The monoisotopic (exact) mass is 1260 g/mol. The molecule has 0 rings (SSSR count). The first kappa shape index (κ1) is 84.3. The van der Waals surface area contributed by atoms with Crippen molar-refractivity contribution in [2.45, 2.75) is 225 Å². The second kappa shape index (κ2) is 67.7. The number of ether oxygens (including phenoxy) is 2. The molecule has 0 aromatic heterocycles. The second-order valence-electron chi connectivity index (χ2n) is 23.1. The van der Waals surface area contributed by atoms with Gasteiger partial charge in [-0.25, -0.2) is 0 Å². The number of unbranched alkanes of at least 4 members (excludes halogenated alkanes) is 10. The van der Waals surface area contributed by atoms with Gasteiger partial charge in [0.2, 0.25) is 0 Å². The van der Waals surface area contributed by atoms with Gasteiger partial charge in [0.15, 0.2) is 6.10 Å². The van der Waals surface area contributed by atoms with Crippen LogP contribution in [0.5, 0.6) is 0 Å². The molecule has 2 unspecified atom stereocenters. The Morgan fingerprint density at radius 1 is 0.344 bits per heavy atom. The van der Waals surface area contributed by atoms with E-state index < -0.39 is 32.5 Å². The molecule has 0 aliphatic heterocycles. The molecule has 0 aromatic carbocycles. The van der Waals surface area contributed by atoms with Gasteiger partial charge >= 0.3 is 11.9 Å². The number of likely N-dealkylation sites (N-methyl/N-ethyl adjacent to an activating group) is 1. The van der Waals surface area contributed by atoms with Gasteiger partial charge < -0.3 is 27.9 Å². The van der Waals surface area contributed by atoms with Gasteiger partial charge in [-0.2, -0.15) is 0 Å². The Morgan fingerprint density at radius 2 is 0.611 bits per heavy atom. The zero-order chi connectivity index (χ0) is 65.5. The zero-order valence-corrected chi connectivity index (χ0v) is 57.9. The lowest BCUT2D eigenvalue weighted by atomic mass is 10.1. The number of quaternary nitrogens is 1. The minimum Gasteiger partial charge on any atom is -0.756 e. The van der Waals surface area contributed by atoms with Gasteiger partial charge in [-0.1, -0.05) is 278 Å². The topological polar surface area (TPSA) is 111 Å². The number of carbonyl (C=O) groups excluding carboxylic acids is 2. The Kier molecular flexibility index (Phi) is 63.4. The molecular formula is C80H124NO8P. The fourth-order valence-electron chi connectivity index (χ4n) is 8.30. The van der Waals surface area contributed by atoms with Crippen LogP contribution in [0.15, 0.2) is 219 Å². The molecule has 0 saturated heterocycles. The van der Waals surface area contributed by atoms with Crippen molar-refractivity contribution < 1.29 is 42.1 Å². The minimum absolute atomic E-state index is 0.0540. The Bertz CT molecular complexity index is 2320. The highest BCUT2D eigenvalue weighted by molar-refractivity contribution is 7.45. The molecule has 9 nitrogen and oxygen atoms in total. The predicted molar refractivity (Wildman–Crippen MR) is 387 cm³/mol. The summed E-state index contributed by atoms with van der Waals surface area (Å²) in [6, 6.07) is 0. The van der Waals surface area contributed by atoms with Crippen molar-refractivity contribution in [2.75, 3.05) is 47.5 Å². The highest BCUT2D eigenvalue weighted by atomic mass is 31.2. The van der Waals surface area contributed by atoms with E-state index in [1.54, 1.807) is 0 Å². The van der Waals surface area contributed by atoms with Crippen LogP contribution in [-0.2, 0) is 32.7 Å². The van der Waals surface area contributed by atoms with Crippen molar-refractivity contribution >= 4 is 19.8 Å². The number of esters is 2. The van der Waals surface area contributed by atoms with Crippen molar-refractivity contribution in [1.82, 2.24) is 0 Å². The first-order valence-electron chi connectivity index (χ1n) is 34.4. The summed E-state index contributed by atoms with van der Waals surface area (Å²) in [5.74, 6) is -0.929. The van der Waals surface area contributed by atoms with Crippen LogP contribution in [0.3, 0.4) is 0 Å². The molecule has 10 heteroatoms. The first-order chi connectivity index (χ1) is 44.0. The van der Waals surface area contributed by atoms with Gasteiger partial charge in [0.25, 0.3) is 7.82 Å². The number of carbonyl (C=O) groups is 2. The maximum atomic E-state index is 12.9. The summed E-state index contributed by atoms with van der Waals surface area (Å²) in [6.07, 6.45) is 109. The number of allylic oxidation sites excluding steroid dienone is 36. The summed E-state index contributed by atoms with van der Waals surface area (Å²) < 4.78 is 34.2. The van der Waals surface area contributed by atoms with Crippen LogP contribution in [0.4, 0.5) is 0 Å². The number of phosphoric ester groups is 1. The van der Waals surface area contributed by atoms with E-state index in [-0.39, 0.29) is 26.1 Å². The van der Waals surface area contributed by atoms with E-state index in [1.807, 2.05) is 21.1 Å². The van der Waals surface area contributed by atoms with E-state index in [2.05, 4.69) is 233 Å². The van der Waals surface area contributed by atoms with Crippen LogP contribution in [0.1, 0.15) is 219 Å². The molecule has 0 amide bonds. The molecule has 502 valence electrons. The minimum atomic E-state index is -4.67. The smallest absolute Gasteiger partial charge is 0.306 e. The molecule has 90 heavy (non-hydrogen) atoms. The van der Waals surface area contributed by atoms with Crippen molar-refractivity contribution in [3.8, 4) is 0 Å². The molecule has 0 aliphatic rings. The Balaban J connectivity index is 4.25. The normalized spacial score (nSPS) is 14.5. The van der Waals surface area contributed by atoms with E-state index in [1.165, 1.54) is 32.1 Å². The summed E-state index contributed by atoms with van der Waals surface area (Å²) in [5.41, 5.74) is 0. The summed E-state index contributed by atoms with van der Waals surface area (Å²) in [7, 11) is 1.10. The number of nitrogens with zero attached hydrogens (tertiary/aromatic N) is 1. The van der Waals surface area contributed by atoms with Gasteiger partial charge in [-0.3, -0.25) is 14.2 Å². The Morgan fingerprint density at radius 3 is 0.922 bits per heavy atom. The second-order valence-corrected chi connectivity index (χ2v) is 24.5. The average molecular weight is 1260 g/mol. The van der Waals surface area contributed by atoms with Gasteiger partial charge in [0.05, 0.1) is 27.7 Å². The predicted octanol–water partition coefficient (Wildman–Crippen LogP) is 22.2. The third kappa shape index (κ3) is 71.4. The van der Waals surface area contributed by atoms with Crippen molar-refractivity contribution in [1.29, 1.82) is 0 Å². The Labute approximate surface area is 550 Å². The van der Waals surface area contributed by atoms with E-state index >= 15 is 0 Å². The lowest BCUT2D eigenvalue weighted by Gasteiger charge is -2.28. The van der Waals surface area contributed by atoms with Crippen molar-refractivity contribution in [3.05, 3.63) is 219 Å². The number of phosphoric acid groups is 1. The molecule has 0 spiro atoms. The third-order valence-electron chi connectivity index (χ3n) is 13.5. The highest BCUT2D eigenvalue weighted by Crippen LogP contribution is 2.38. The van der Waals surface area contributed by atoms with Gasteiger partial charge in [-0.05, 0) is 148 Å². The molecule has 0 fully saturated rings. The summed E-state index contributed by atoms with van der Waals surface area (Å²) in [4.78, 5) is 38.0. The van der Waals surface area contributed by atoms with Gasteiger partial charge in [0.1, 0.15) is 19.8 Å². The maximum absolute atomic E-state index is 12.9. The van der Waals surface area contributed by atoms with E-state index in [4.69, 9.17) is 18.5 Å². The van der Waals surface area contributed by atoms with Crippen LogP contribution in [0, 0.1) is 0 Å². The first-order valence-corrected chi connectivity index (χ1v) is 35.9. The summed E-state index contributed by atoms with van der Waals surface area (Å²) in [5, 5.41) is 0. The quantitative estimate of drug-likeness (QED) is 0.0195. The molecule has 0 radical (unpaired) electrons.